The van der Waals surface area contributed by atoms with Crippen LogP contribution in [0.15, 0.2) is 42.5 Å². The van der Waals surface area contributed by atoms with Crippen LogP contribution in [0, 0.1) is 5.92 Å². The number of nitrogens with one attached hydrogen (secondary N) is 1. The number of rotatable bonds is 6. The smallest absolute Gasteiger partial charge is 0.231 e. The number of ether oxygens (including phenoxy) is 2. The van der Waals surface area contributed by atoms with E-state index in [1.54, 1.807) is 17.0 Å². The summed E-state index contributed by atoms with van der Waals surface area (Å²) < 4.78 is 10.7. The highest BCUT2D eigenvalue weighted by atomic mass is 16.7. The second-order valence-electron chi connectivity index (χ2n) is 7.23. The van der Waals surface area contributed by atoms with Crippen LogP contribution in [-0.2, 0) is 16.0 Å². The van der Waals surface area contributed by atoms with Gasteiger partial charge in [0, 0.05) is 30.4 Å². The molecule has 2 heterocycles. The number of nitrogens with zero attached hydrogens (tertiary/aromatic N) is 1. The molecule has 0 aliphatic carbocycles. The third kappa shape index (κ3) is 3.81. The fourth-order valence-electron chi connectivity index (χ4n) is 3.57. The Hall–Kier alpha value is -3.02. The molecular formula is C22H24N2O4. The summed E-state index contributed by atoms with van der Waals surface area (Å²) in [5, 5.41) is 2.94. The molecule has 1 N–H and O–H groups in total. The molecule has 6 nitrogen and oxygen atoms in total. The zero-order chi connectivity index (χ0) is 19.5. The van der Waals surface area contributed by atoms with Crippen LogP contribution in [0.1, 0.15) is 31.7 Å². The number of carbonyl (C=O) groups is 2. The lowest BCUT2D eigenvalue weighted by Crippen LogP contribution is -2.28. The fraction of sp³-hybridized carbons (Fsp3) is 0.364. The van der Waals surface area contributed by atoms with Crippen LogP contribution in [0.3, 0.4) is 0 Å². The molecular weight excluding hydrogens is 356 g/mol. The Balaban J connectivity index is 1.38. The largest absolute Gasteiger partial charge is 0.454 e. The van der Waals surface area contributed by atoms with Crippen molar-refractivity contribution < 1.29 is 19.1 Å². The number of hydrogen-bond donors (Lipinski definition) is 1. The molecule has 1 fully saturated rings. The first-order chi connectivity index (χ1) is 13.6. The molecule has 2 aromatic rings. The third-order valence-electron chi connectivity index (χ3n) is 5.20. The average molecular weight is 380 g/mol. The van der Waals surface area contributed by atoms with Crippen molar-refractivity contribution in [3.63, 3.8) is 0 Å². The maximum Gasteiger partial charge on any atom is 0.231 e. The molecule has 2 aromatic carbocycles. The first-order valence-corrected chi connectivity index (χ1v) is 9.74. The van der Waals surface area contributed by atoms with E-state index in [1.165, 1.54) is 5.56 Å². The van der Waals surface area contributed by atoms with Crippen LogP contribution in [0.25, 0.3) is 0 Å². The van der Waals surface area contributed by atoms with Gasteiger partial charge in [0.15, 0.2) is 11.5 Å². The molecule has 1 saturated heterocycles. The minimum absolute atomic E-state index is 0.0612. The number of fused-ring (bicyclic) bond motifs is 1. The molecule has 4 rings (SSSR count). The van der Waals surface area contributed by atoms with Gasteiger partial charge < -0.3 is 19.7 Å². The highest BCUT2D eigenvalue weighted by molar-refractivity contribution is 6.03. The van der Waals surface area contributed by atoms with Gasteiger partial charge in [0.1, 0.15) is 0 Å². The zero-order valence-electron chi connectivity index (χ0n) is 15.9. The lowest BCUT2D eigenvalue weighted by atomic mass is 10.1. The minimum atomic E-state index is -0.377. The Morgan fingerprint density at radius 1 is 1.14 bits per heavy atom. The van der Waals surface area contributed by atoms with E-state index in [2.05, 4.69) is 12.2 Å². The molecule has 146 valence electrons. The summed E-state index contributed by atoms with van der Waals surface area (Å²) in [6.07, 6.45) is 3.57. The SMILES string of the molecule is CCCCc1ccc(NC(=O)C2CC(=O)N(c3ccc4c(c3)OCO4)C2)cc1. The highest BCUT2D eigenvalue weighted by Crippen LogP contribution is 2.37. The second kappa shape index (κ2) is 7.92. The molecule has 0 aromatic heterocycles. The van der Waals surface area contributed by atoms with Crippen molar-refractivity contribution in [3.05, 3.63) is 48.0 Å². The normalized spacial score (nSPS) is 17.8. The third-order valence-corrected chi connectivity index (χ3v) is 5.20. The summed E-state index contributed by atoms with van der Waals surface area (Å²) in [6.45, 7) is 2.72. The summed E-state index contributed by atoms with van der Waals surface area (Å²) in [5.74, 6) is 0.734. The maximum absolute atomic E-state index is 12.6. The van der Waals surface area contributed by atoms with E-state index in [4.69, 9.17) is 9.47 Å². The molecule has 6 heteroatoms. The Morgan fingerprint density at radius 3 is 2.71 bits per heavy atom. The van der Waals surface area contributed by atoms with Crippen LogP contribution in [0.4, 0.5) is 11.4 Å². The van der Waals surface area contributed by atoms with Crippen LogP contribution in [0.2, 0.25) is 0 Å². The number of unbranched alkanes of at least 4 members (excludes halogenated alkanes) is 1. The number of hydrogen-bond acceptors (Lipinski definition) is 4. The molecule has 2 amide bonds. The molecule has 2 aliphatic heterocycles. The molecule has 1 unspecified atom stereocenters. The van der Waals surface area contributed by atoms with Gasteiger partial charge >= 0.3 is 0 Å². The Kier molecular flexibility index (Phi) is 5.19. The molecule has 2 aliphatic rings. The first-order valence-electron chi connectivity index (χ1n) is 9.74. The van der Waals surface area contributed by atoms with E-state index in [0.717, 1.165) is 30.6 Å². The lowest BCUT2D eigenvalue weighted by Gasteiger charge is -2.17. The van der Waals surface area contributed by atoms with E-state index in [0.29, 0.717) is 18.0 Å². The van der Waals surface area contributed by atoms with E-state index < -0.39 is 0 Å². The maximum atomic E-state index is 12.6. The fourth-order valence-corrected chi connectivity index (χ4v) is 3.57. The number of carbonyl (C=O) groups excluding carboxylic acids is 2. The molecule has 28 heavy (non-hydrogen) atoms. The van der Waals surface area contributed by atoms with Crippen molar-refractivity contribution in [2.24, 2.45) is 5.92 Å². The minimum Gasteiger partial charge on any atom is -0.454 e. The van der Waals surface area contributed by atoms with Crippen LogP contribution >= 0.6 is 0 Å². The van der Waals surface area contributed by atoms with Crippen molar-refractivity contribution in [2.75, 3.05) is 23.6 Å². The second-order valence-corrected chi connectivity index (χ2v) is 7.23. The van der Waals surface area contributed by atoms with E-state index >= 15 is 0 Å². The van der Waals surface area contributed by atoms with E-state index in [9.17, 15) is 9.59 Å². The molecule has 1 atom stereocenters. The molecule has 0 radical (unpaired) electrons. The van der Waals surface area contributed by atoms with Gasteiger partial charge in [0.2, 0.25) is 18.6 Å². The summed E-state index contributed by atoms with van der Waals surface area (Å²) >= 11 is 0. The quantitative estimate of drug-likeness (QED) is 0.829. The van der Waals surface area contributed by atoms with Crippen LogP contribution in [-0.4, -0.2) is 25.2 Å². The van der Waals surface area contributed by atoms with Gasteiger partial charge in [-0.1, -0.05) is 25.5 Å². The lowest BCUT2D eigenvalue weighted by molar-refractivity contribution is -0.122. The van der Waals surface area contributed by atoms with Crippen molar-refractivity contribution in [1.82, 2.24) is 0 Å². The van der Waals surface area contributed by atoms with Crippen LogP contribution in [0.5, 0.6) is 11.5 Å². The Bertz CT molecular complexity index is 879. The zero-order valence-corrected chi connectivity index (χ0v) is 15.9. The van der Waals surface area contributed by atoms with Gasteiger partial charge in [-0.3, -0.25) is 9.59 Å². The van der Waals surface area contributed by atoms with Crippen molar-refractivity contribution >= 4 is 23.2 Å². The van der Waals surface area contributed by atoms with Gasteiger partial charge in [-0.2, -0.15) is 0 Å². The molecule has 0 spiro atoms. The molecule has 0 bridgehead atoms. The van der Waals surface area contributed by atoms with Gasteiger partial charge in [-0.05, 0) is 42.7 Å². The first kappa shape index (κ1) is 18.3. The number of aryl methyl sites for hydroxylation is 1. The van der Waals surface area contributed by atoms with Crippen molar-refractivity contribution in [2.45, 2.75) is 32.6 Å². The van der Waals surface area contributed by atoms with Gasteiger partial charge in [-0.25, -0.2) is 0 Å². The van der Waals surface area contributed by atoms with Gasteiger partial charge in [0.05, 0.1) is 5.92 Å². The molecule has 0 saturated carbocycles. The van der Waals surface area contributed by atoms with Crippen molar-refractivity contribution in [1.29, 1.82) is 0 Å². The number of anilines is 2. The standard InChI is InChI=1S/C22H24N2O4/c1-2-3-4-15-5-7-17(8-6-15)23-22(26)16-11-21(25)24(13-16)18-9-10-19-20(12-18)28-14-27-19/h5-10,12,16H,2-4,11,13-14H2,1H3,(H,23,26). The summed E-state index contributed by atoms with van der Waals surface area (Å²) in [7, 11) is 0. The van der Waals surface area contributed by atoms with Gasteiger partial charge in [0.25, 0.3) is 0 Å². The summed E-state index contributed by atoms with van der Waals surface area (Å²) in [6, 6.07) is 13.3. The topological polar surface area (TPSA) is 67.9 Å². The average Bonchev–Trinajstić information content (AvgIpc) is 3.33. The predicted octanol–water partition coefficient (Wildman–Crippen LogP) is 3.75. The predicted molar refractivity (Wildman–Crippen MR) is 107 cm³/mol. The Morgan fingerprint density at radius 2 is 1.93 bits per heavy atom. The van der Waals surface area contributed by atoms with E-state index in [1.807, 2.05) is 30.3 Å². The summed E-state index contributed by atoms with van der Waals surface area (Å²) in [5.41, 5.74) is 2.76. The van der Waals surface area contributed by atoms with Crippen LogP contribution < -0.4 is 19.7 Å². The highest BCUT2D eigenvalue weighted by Gasteiger charge is 2.35. The summed E-state index contributed by atoms with van der Waals surface area (Å²) in [4.78, 5) is 26.7. The van der Waals surface area contributed by atoms with Gasteiger partial charge in [-0.15, -0.1) is 0 Å². The Labute approximate surface area is 164 Å². The van der Waals surface area contributed by atoms with Crippen molar-refractivity contribution in [3.8, 4) is 11.5 Å². The monoisotopic (exact) mass is 380 g/mol. The number of benzene rings is 2. The number of amides is 2. The van der Waals surface area contributed by atoms with E-state index in [-0.39, 0.29) is 30.9 Å².